The zero-order valence-corrected chi connectivity index (χ0v) is 22.1. The van der Waals surface area contributed by atoms with Crippen LogP contribution in [-0.4, -0.2) is 32.9 Å². The van der Waals surface area contributed by atoms with Crippen molar-refractivity contribution in [2.75, 3.05) is 7.05 Å². The Balaban J connectivity index is 0.00000306. The maximum absolute atomic E-state index is 13.5. The molecule has 176 valence electrons. The SMILES string of the molecule is C=Cc1cc2c(cc1CC(C)C)-c1c(-c3cccs3)nc(C(=O)N(C)C(C)(C)C)n1CC2.Cl. The fourth-order valence-corrected chi connectivity index (χ4v) is 5.04. The first kappa shape index (κ1) is 25.3. The topological polar surface area (TPSA) is 38.1 Å². The van der Waals surface area contributed by atoms with E-state index in [1.54, 1.807) is 16.2 Å². The van der Waals surface area contributed by atoms with Gasteiger partial charge >= 0.3 is 0 Å². The maximum Gasteiger partial charge on any atom is 0.290 e. The molecule has 0 saturated carbocycles. The summed E-state index contributed by atoms with van der Waals surface area (Å²) in [6.07, 6.45) is 3.85. The number of aromatic nitrogens is 2. The number of imidazole rings is 1. The van der Waals surface area contributed by atoms with Gasteiger partial charge in [-0.15, -0.1) is 23.7 Å². The van der Waals surface area contributed by atoms with Crippen LogP contribution in [0.15, 0.2) is 36.2 Å². The van der Waals surface area contributed by atoms with Crippen LogP contribution in [0.2, 0.25) is 0 Å². The van der Waals surface area contributed by atoms with E-state index >= 15 is 0 Å². The first-order chi connectivity index (χ1) is 15.1. The van der Waals surface area contributed by atoms with Gasteiger partial charge in [0, 0.05) is 24.7 Å². The Labute approximate surface area is 207 Å². The van der Waals surface area contributed by atoms with Crippen LogP contribution < -0.4 is 0 Å². The molecule has 4 rings (SSSR count). The molecule has 0 aliphatic carbocycles. The van der Waals surface area contributed by atoms with E-state index in [2.05, 4.69) is 69.3 Å². The second-order valence-corrected chi connectivity index (χ2v) is 11.0. The van der Waals surface area contributed by atoms with Gasteiger partial charge in [0.2, 0.25) is 0 Å². The summed E-state index contributed by atoms with van der Waals surface area (Å²) in [4.78, 5) is 21.4. The predicted octanol–water partition coefficient (Wildman–Crippen LogP) is 6.97. The largest absolute Gasteiger partial charge is 0.334 e. The smallest absolute Gasteiger partial charge is 0.290 e. The number of benzene rings is 1. The maximum atomic E-state index is 13.5. The third-order valence-corrected chi connectivity index (χ3v) is 7.17. The van der Waals surface area contributed by atoms with E-state index in [4.69, 9.17) is 4.98 Å². The number of halogens is 1. The zero-order chi connectivity index (χ0) is 23.2. The molecule has 1 aliphatic rings. The second-order valence-electron chi connectivity index (χ2n) is 10.1. The molecule has 1 aromatic carbocycles. The lowest BCUT2D eigenvalue weighted by atomic mass is 9.88. The lowest BCUT2D eigenvalue weighted by Crippen LogP contribution is -2.43. The summed E-state index contributed by atoms with van der Waals surface area (Å²) in [6.45, 7) is 15.4. The Morgan fingerprint density at radius 2 is 2.06 bits per heavy atom. The van der Waals surface area contributed by atoms with Crippen LogP contribution in [-0.2, 0) is 19.4 Å². The molecule has 0 bridgehead atoms. The van der Waals surface area contributed by atoms with Crippen molar-refractivity contribution < 1.29 is 4.79 Å². The molecule has 0 atom stereocenters. The summed E-state index contributed by atoms with van der Waals surface area (Å²) in [7, 11) is 1.86. The third kappa shape index (κ3) is 4.67. The number of aryl methyl sites for hydroxylation is 1. The van der Waals surface area contributed by atoms with E-state index in [9.17, 15) is 4.79 Å². The number of nitrogens with zero attached hydrogens (tertiary/aromatic N) is 3. The highest BCUT2D eigenvalue weighted by Crippen LogP contribution is 2.41. The molecule has 0 spiro atoms. The summed E-state index contributed by atoms with van der Waals surface area (Å²) in [6, 6.07) is 8.75. The molecule has 1 amide bonds. The van der Waals surface area contributed by atoms with Crippen molar-refractivity contribution in [3.63, 3.8) is 0 Å². The molecule has 3 aromatic rings. The standard InChI is InChI=1S/C27H33N3OS.ClH/c1-8-18-15-19-11-12-30-24(21(19)16-20(18)14-17(2)3)23(22-10-9-13-32-22)28-25(30)26(31)29(7)27(4,5)6;/h8-10,13,15-17H,1,11-12,14H2,2-7H3;1H. The molecule has 33 heavy (non-hydrogen) atoms. The van der Waals surface area contributed by atoms with Gasteiger partial charge in [-0.25, -0.2) is 4.98 Å². The van der Waals surface area contributed by atoms with E-state index in [1.165, 1.54) is 22.3 Å². The van der Waals surface area contributed by atoms with Crippen molar-refractivity contribution in [3.8, 4) is 21.8 Å². The summed E-state index contributed by atoms with van der Waals surface area (Å²) in [5.74, 6) is 1.05. The molecule has 6 heteroatoms. The van der Waals surface area contributed by atoms with Gasteiger partial charge in [0.25, 0.3) is 5.91 Å². The Morgan fingerprint density at radius 3 is 2.64 bits per heavy atom. The average Bonchev–Trinajstić information content (AvgIpc) is 3.38. The number of hydrogen-bond acceptors (Lipinski definition) is 3. The van der Waals surface area contributed by atoms with E-state index in [1.807, 2.05) is 19.2 Å². The first-order valence-electron chi connectivity index (χ1n) is 11.3. The van der Waals surface area contributed by atoms with Crippen molar-refractivity contribution in [2.45, 2.75) is 59.5 Å². The number of amides is 1. The number of hydrogen-bond donors (Lipinski definition) is 0. The lowest BCUT2D eigenvalue weighted by Gasteiger charge is -2.32. The van der Waals surface area contributed by atoms with Gasteiger partial charge in [0.1, 0.15) is 5.69 Å². The second kappa shape index (κ2) is 9.47. The van der Waals surface area contributed by atoms with Crippen LogP contribution in [0, 0.1) is 5.92 Å². The normalized spacial score (nSPS) is 12.7. The van der Waals surface area contributed by atoms with Crippen molar-refractivity contribution in [2.24, 2.45) is 5.92 Å². The van der Waals surface area contributed by atoms with Crippen LogP contribution >= 0.6 is 23.7 Å². The predicted molar refractivity (Wildman–Crippen MR) is 142 cm³/mol. The van der Waals surface area contributed by atoms with Gasteiger partial charge in [-0.05, 0) is 73.7 Å². The monoisotopic (exact) mass is 483 g/mol. The number of thiophene rings is 1. The quantitative estimate of drug-likeness (QED) is 0.393. The van der Waals surface area contributed by atoms with Crippen LogP contribution in [0.1, 0.15) is 61.9 Å². The van der Waals surface area contributed by atoms with Gasteiger partial charge in [-0.2, -0.15) is 0 Å². The first-order valence-corrected chi connectivity index (χ1v) is 12.2. The van der Waals surface area contributed by atoms with Crippen molar-refractivity contribution in [1.29, 1.82) is 0 Å². The minimum Gasteiger partial charge on any atom is -0.334 e. The van der Waals surface area contributed by atoms with Gasteiger partial charge in [-0.3, -0.25) is 4.79 Å². The number of carbonyl (C=O) groups is 1. The fraction of sp³-hybridized carbons (Fsp3) is 0.407. The highest BCUT2D eigenvalue weighted by atomic mass is 35.5. The molecule has 0 N–H and O–H groups in total. The van der Waals surface area contributed by atoms with Gasteiger partial charge in [-0.1, -0.05) is 38.6 Å². The molecule has 2 aromatic heterocycles. The molecule has 4 nitrogen and oxygen atoms in total. The van der Waals surface area contributed by atoms with E-state index in [0.29, 0.717) is 11.7 Å². The molecular weight excluding hydrogens is 450 g/mol. The van der Waals surface area contributed by atoms with Crippen LogP contribution in [0.25, 0.3) is 27.9 Å². The van der Waals surface area contributed by atoms with Gasteiger partial charge in [0.15, 0.2) is 5.82 Å². The third-order valence-electron chi connectivity index (χ3n) is 6.30. The molecular formula is C27H34ClN3OS. The Hall–Kier alpha value is -2.37. The van der Waals surface area contributed by atoms with Crippen LogP contribution in [0.4, 0.5) is 0 Å². The average molecular weight is 484 g/mol. The summed E-state index contributed by atoms with van der Waals surface area (Å²) in [5.41, 5.74) is 6.73. The molecule has 3 heterocycles. The lowest BCUT2D eigenvalue weighted by molar-refractivity contribution is 0.0638. The fourth-order valence-electron chi connectivity index (χ4n) is 4.32. The molecule has 0 fully saturated rings. The number of fused-ring (bicyclic) bond motifs is 3. The zero-order valence-electron chi connectivity index (χ0n) is 20.4. The molecule has 0 saturated heterocycles. The van der Waals surface area contributed by atoms with E-state index in [-0.39, 0.29) is 23.9 Å². The minimum absolute atomic E-state index is 0. The van der Waals surface area contributed by atoms with Gasteiger partial charge in [0.05, 0.1) is 10.6 Å². The number of rotatable bonds is 5. The highest BCUT2D eigenvalue weighted by Gasteiger charge is 2.33. The molecule has 0 unspecified atom stereocenters. The highest BCUT2D eigenvalue weighted by molar-refractivity contribution is 7.13. The summed E-state index contributed by atoms with van der Waals surface area (Å²) < 4.78 is 2.15. The Morgan fingerprint density at radius 1 is 1.33 bits per heavy atom. The van der Waals surface area contributed by atoms with Gasteiger partial charge < -0.3 is 9.47 Å². The Kier molecular flexibility index (Phi) is 7.25. The van der Waals surface area contributed by atoms with Crippen molar-refractivity contribution >= 4 is 35.7 Å². The van der Waals surface area contributed by atoms with Crippen molar-refractivity contribution in [3.05, 3.63) is 58.7 Å². The van der Waals surface area contributed by atoms with E-state index in [0.717, 1.165) is 35.7 Å². The molecule has 0 radical (unpaired) electrons. The van der Waals surface area contributed by atoms with E-state index < -0.39 is 0 Å². The van der Waals surface area contributed by atoms with Crippen molar-refractivity contribution in [1.82, 2.24) is 14.5 Å². The number of carbonyl (C=O) groups excluding carboxylic acids is 1. The Bertz CT molecular complexity index is 1170. The summed E-state index contributed by atoms with van der Waals surface area (Å²) in [5, 5.41) is 2.07. The minimum atomic E-state index is -0.275. The van der Waals surface area contributed by atoms with Crippen LogP contribution in [0.5, 0.6) is 0 Å². The summed E-state index contributed by atoms with van der Waals surface area (Å²) >= 11 is 1.67. The van der Waals surface area contributed by atoms with Crippen LogP contribution in [0.3, 0.4) is 0 Å². The molecule has 1 aliphatic heterocycles.